The minimum atomic E-state index is -4.47. The highest BCUT2D eigenvalue weighted by atomic mass is 79.9. The summed E-state index contributed by atoms with van der Waals surface area (Å²) in [5.41, 5.74) is 0.468. The van der Waals surface area contributed by atoms with Crippen LogP contribution in [0.1, 0.15) is 21.5 Å². The summed E-state index contributed by atoms with van der Waals surface area (Å²) in [5, 5.41) is 2.61. The summed E-state index contributed by atoms with van der Waals surface area (Å²) in [5.74, 6) is -0.581. The molecule has 0 atom stereocenters. The summed E-state index contributed by atoms with van der Waals surface area (Å²) in [6.45, 7) is 1.80. The molecule has 0 aliphatic heterocycles. The maximum atomic E-state index is 12.6. The Morgan fingerprint density at radius 3 is 2.48 bits per heavy atom. The zero-order valence-electron chi connectivity index (χ0n) is 11.0. The first-order chi connectivity index (χ1) is 9.79. The zero-order chi connectivity index (χ0) is 15.6. The number of alkyl halides is 3. The summed E-state index contributed by atoms with van der Waals surface area (Å²) in [6.07, 6.45) is -4.47. The lowest BCUT2D eigenvalue weighted by atomic mass is 10.1. The monoisotopic (exact) mass is 357 g/mol. The van der Waals surface area contributed by atoms with E-state index in [4.69, 9.17) is 0 Å². The number of hydrogen-bond acceptors (Lipinski definition) is 1. The van der Waals surface area contributed by atoms with Gasteiger partial charge in [0.2, 0.25) is 0 Å². The summed E-state index contributed by atoms with van der Waals surface area (Å²) in [6, 6.07) is 9.56. The second-order valence-corrected chi connectivity index (χ2v) is 5.30. The van der Waals surface area contributed by atoms with Crippen molar-refractivity contribution in [3.63, 3.8) is 0 Å². The van der Waals surface area contributed by atoms with Gasteiger partial charge in [0.1, 0.15) is 0 Å². The van der Waals surface area contributed by atoms with Crippen molar-refractivity contribution in [1.29, 1.82) is 0 Å². The van der Waals surface area contributed by atoms with Crippen molar-refractivity contribution in [3.05, 3.63) is 63.6 Å². The van der Waals surface area contributed by atoms with E-state index in [9.17, 15) is 18.0 Å². The molecule has 6 heteroatoms. The van der Waals surface area contributed by atoms with E-state index in [-0.39, 0.29) is 5.56 Å². The second-order valence-electron chi connectivity index (χ2n) is 4.45. The third-order valence-corrected chi connectivity index (χ3v) is 3.83. The molecule has 21 heavy (non-hydrogen) atoms. The first-order valence-electron chi connectivity index (χ1n) is 6.03. The highest BCUT2D eigenvalue weighted by Gasteiger charge is 2.30. The Kier molecular flexibility index (Phi) is 4.37. The molecule has 1 N–H and O–H groups in total. The quantitative estimate of drug-likeness (QED) is 0.802. The van der Waals surface area contributed by atoms with Crippen LogP contribution in [0.3, 0.4) is 0 Å². The van der Waals surface area contributed by atoms with Gasteiger partial charge in [-0.3, -0.25) is 4.79 Å². The van der Waals surface area contributed by atoms with E-state index in [0.29, 0.717) is 5.69 Å². The number of hydrogen-bond donors (Lipinski definition) is 1. The average molecular weight is 358 g/mol. The van der Waals surface area contributed by atoms with Crippen LogP contribution in [0.25, 0.3) is 0 Å². The van der Waals surface area contributed by atoms with E-state index < -0.39 is 17.6 Å². The first kappa shape index (κ1) is 15.6. The predicted octanol–water partition coefficient (Wildman–Crippen LogP) is 5.03. The van der Waals surface area contributed by atoms with Gasteiger partial charge in [0.05, 0.1) is 5.56 Å². The Hall–Kier alpha value is -1.82. The Labute approximate surface area is 128 Å². The number of rotatable bonds is 2. The fourth-order valence-corrected chi connectivity index (χ4v) is 2.14. The predicted molar refractivity (Wildman–Crippen MR) is 78.3 cm³/mol. The van der Waals surface area contributed by atoms with Gasteiger partial charge in [-0.2, -0.15) is 13.2 Å². The van der Waals surface area contributed by atoms with Crippen LogP contribution in [0, 0.1) is 6.92 Å². The molecule has 0 saturated carbocycles. The van der Waals surface area contributed by atoms with Crippen molar-refractivity contribution >= 4 is 27.5 Å². The van der Waals surface area contributed by atoms with Crippen LogP contribution in [0.4, 0.5) is 18.9 Å². The van der Waals surface area contributed by atoms with Gasteiger partial charge in [0.25, 0.3) is 5.91 Å². The minimum absolute atomic E-state index is 0.0378. The molecule has 0 aliphatic rings. The summed E-state index contributed by atoms with van der Waals surface area (Å²) in [4.78, 5) is 12.1. The molecule has 0 saturated heterocycles. The van der Waals surface area contributed by atoms with Gasteiger partial charge in [0, 0.05) is 15.7 Å². The fourth-order valence-electron chi connectivity index (χ4n) is 1.77. The SMILES string of the molecule is Cc1c(Br)cccc1NC(=O)c1cccc(C(F)(F)F)c1. The molecule has 0 unspecified atom stereocenters. The number of nitrogens with one attached hydrogen (secondary N) is 1. The minimum Gasteiger partial charge on any atom is -0.322 e. The van der Waals surface area contributed by atoms with Crippen molar-refractivity contribution in [3.8, 4) is 0 Å². The number of carbonyl (C=O) groups is 1. The summed E-state index contributed by atoms with van der Waals surface area (Å²) in [7, 11) is 0. The van der Waals surface area contributed by atoms with Gasteiger partial charge in [-0.15, -0.1) is 0 Å². The molecule has 0 fully saturated rings. The molecular weight excluding hydrogens is 347 g/mol. The van der Waals surface area contributed by atoms with Crippen molar-refractivity contribution in [2.24, 2.45) is 0 Å². The van der Waals surface area contributed by atoms with E-state index in [2.05, 4.69) is 21.2 Å². The molecule has 2 nitrogen and oxygen atoms in total. The number of halogens is 4. The van der Waals surface area contributed by atoms with Crippen LogP contribution in [-0.2, 0) is 6.18 Å². The largest absolute Gasteiger partial charge is 0.416 e. The maximum Gasteiger partial charge on any atom is 0.416 e. The zero-order valence-corrected chi connectivity index (χ0v) is 12.5. The van der Waals surface area contributed by atoms with E-state index >= 15 is 0 Å². The van der Waals surface area contributed by atoms with Gasteiger partial charge in [-0.1, -0.05) is 28.1 Å². The van der Waals surface area contributed by atoms with Crippen LogP contribution >= 0.6 is 15.9 Å². The third-order valence-electron chi connectivity index (χ3n) is 2.97. The Balaban J connectivity index is 2.27. The van der Waals surface area contributed by atoms with Crippen molar-refractivity contribution in [2.45, 2.75) is 13.1 Å². The molecule has 0 aliphatic carbocycles. The number of carbonyl (C=O) groups excluding carboxylic acids is 1. The van der Waals surface area contributed by atoms with Gasteiger partial charge in [0.15, 0.2) is 0 Å². The third kappa shape index (κ3) is 3.64. The van der Waals surface area contributed by atoms with Crippen molar-refractivity contribution in [2.75, 3.05) is 5.32 Å². The Morgan fingerprint density at radius 1 is 1.14 bits per heavy atom. The van der Waals surface area contributed by atoms with Crippen LogP contribution in [-0.4, -0.2) is 5.91 Å². The molecule has 0 spiro atoms. The van der Waals surface area contributed by atoms with Gasteiger partial charge in [-0.25, -0.2) is 0 Å². The highest BCUT2D eigenvalue weighted by Crippen LogP contribution is 2.30. The molecule has 0 bridgehead atoms. The highest BCUT2D eigenvalue weighted by molar-refractivity contribution is 9.10. The van der Waals surface area contributed by atoms with Crippen LogP contribution in [0.2, 0.25) is 0 Å². The number of amides is 1. The molecule has 0 radical (unpaired) electrons. The molecule has 2 rings (SSSR count). The summed E-state index contributed by atoms with van der Waals surface area (Å²) < 4.78 is 38.7. The number of anilines is 1. The van der Waals surface area contributed by atoms with E-state index in [0.717, 1.165) is 22.2 Å². The molecule has 2 aromatic rings. The van der Waals surface area contributed by atoms with Gasteiger partial charge >= 0.3 is 6.18 Å². The first-order valence-corrected chi connectivity index (χ1v) is 6.82. The lowest BCUT2D eigenvalue weighted by Crippen LogP contribution is -2.14. The molecule has 0 aromatic heterocycles. The Morgan fingerprint density at radius 2 is 1.81 bits per heavy atom. The summed E-state index contributed by atoms with van der Waals surface area (Å²) >= 11 is 3.33. The average Bonchev–Trinajstić information content (AvgIpc) is 2.43. The van der Waals surface area contributed by atoms with E-state index in [1.54, 1.807) is 19.1 Å². The van der Waals surface area contributed by atoms with E-state index in [1.807, 2.05) is 6.07 Å². The lowest BCUT2D eigenvalue weighted by Gasteiger charge is -2.11. The van der Waals surface area contributed by atoms with Crippen molar-refractivity contribution < 1.29 is 18.0 Å². The van der Waals surface area contributed by atoms with Gasteiger partial charge < -0.3 is 5.32 Å². The Bertz CT molecular complexity index is 683. The topological polar surface area (TPSA) is 29.1 Å². The molecule has 2 aromatic carbocycles. The molecule has 0 heterocycles. The van der Waals surface area contributed by atoms with Crippen LogP contribution in [0.5, 0.6) is 0 Å². The maximum absolute atomic E-state index is 12.6. The van der Waals surface area contributed by atoms with Crippen LogP contribution in [0.15, 0.2) is 46.9 Å². The van der Waals surface area contributed by atoms with Crippen LogP contribution < -0.4 is 5.32 Å². The second kappa shape index (κ2) is 5.89. The molecule has 1 amide bonds. The molecular formula is C15H11BrF3NO. The lowest BCUT2D eigenvalue weighted by molar-refractivity contribution is -0.137. The number of benzene rings is 2. The standard InChI is InChI=1S/C15H11BrF3NO/c1-9-12(16)6-3-7-13(9)20-14(21)10-4-2-5-11(8-10)15(17,18)19/h2-8H,1H3,(H,20,21). The molecule has 110 valence electrons. The smallest absolute Gasteiger partial charge is 0.322 e. The fraction of sp³-hybridized carbons (Fsp3) is 0.133. The van der Waals surface area contributed by atoms with Crippen molar-refractivity contribution in [1.82, 2.24) is 0 Å². The van der Waals surface area contributed by atoms with Gasteiger partial charge in [-0.05, 0) is 42.8 Å². The van der Waals surface area contributed by atoms with E-state index in [1.165, 1.54) is 12.1 Å². The normalized spacial score (nSPS) is 11.3.